The average Bonchev–Trinajstić information content (AvgIpc) is 2.28. The van der Waals surface area contributed by atoms with E-state index in [4.69, 9.17) is 15.2 Å². The van der Waals surface area contributed by atoms with Crippen LogP contribution in [0.5, 0.6) is 0 Å². The third-order valence-corrected chi connectivity index (χ3v) is 2.99. The second kappa shape index (κ2) is 8.93. The Balaban J connectivity index is 1.86. The molecule has 1 atom stereocenters. The van der Waals surface area contributed by atoms with E-state index in [1.807, 2.05) is 0 Å². The van der Waals surface area contributed by atoms with E-state index in [1.165, 1.54) is 32.4 Å². The van der Waals surface area contributed by atoms with Crippen molar-refractivity contribution in [2.45, 2.75) is 31.7 Å². The van der Waals surface area contributed by atoms with Crippen molar-refractivity contribution in [1.82, 2.24) is 4.90 Å². The molecule has 2 N–H and O–H groups in total. The molecule has 1 heterocycles. The minimum Gasteiger partial charge on any atom is -0.382 e. The summed E-state index contributed by atoms with van der Waals surface area (Å²) in [6.45, 7) is 5.72. The number of nitrogens with zero attached hydrogens (tertiary/aromatic N) is 1. The van der Waals surface area contributed by atoms with Gasteiger partial charge < -0.3 is 20.1 Å². The molecule has 1 fully saturated rings. The van der Waals surface area contributed by atoms with Crippen LogP contribution in [0.2, 0.25) is 0 Å². The van der Waals surface area contributed by atoms with Crippen LogP contribution in [0.3, 0.4) is 0 Å². The van der Waals surface area contributed by atoms with Crippen molar-refractivity contribution in [2.75, 3.05) is 46.6 Å². The molecule has 1 rings (SSSR count). The van der Waals surface area contributed by atoms with Crippen LogP contribution in [0.1, 0.15) is 25.7 Å². The van der Waals surface area contributed by atoms with Crippen LogP contribution in [-0.2, 0) is 9.47 Å². The summed E-state index contributed by atoms with van der Waals surface area (Å²) in [6, 6.07) is 0.395. The van der Waals surface area contributed by atoms with Gasteiger partial charge in [-0.2, -0.15) is 0 Å². The van der Waals surface area contributed by atoms with Crippen LogP contribution in [0.4, 0.5) is 0 Å². The molecule has 0 bridgehead atoms. The van der Waals surface area contributed by atoms with Gasteiger partial charge in [0.2, 0.25) is 0 Å². The van der Waals surface area contributed by atoms with E-state index in [9.17, 15) is 0 Å². The zero-order chi connectivity index (χ0) is 11.6. The number of hydrogen-bond acceptors (Lipinski definition) is 4. The van der Waals surface area contributed by atoms with Gasteiger partial charge in [0, 0.05) is 26.3 Å². The Labute approximate surface area is 99.1 Å². The highest BCUT2D eigenvalue weighted by Gasteiger charge is 2.15. The van der Waals surface area contributed by atoms with Crippen LogP contribution >= 0.6 is 0 Å². The number of methoxy groups -OCH3 is 1. The van der Waals surface area contributed by atoms with Crippen LogP contribution < -0.4 is 5.73 Å². The summed E-state index contributed by atoms with van der Waals surface area (Å²) >= 11 is 0. The lowest BCUT2D eigenvalue weighted by Crippen LogP contribution is -2.43. The predicted octanol–water partition coefficient (Wildman–Crippen LogP) is 0.853. The Kier molecular flexibility index (Phi) is 7.76. The molecule has 16 heavy (non-hydrogen) atoms. The first kappa shape index (κ1) is 13.9. The van der Waals surface area contributed by atoms with Gasteiger partial charge in [-0.05, 0) is 38.8 Å². The van der Waals surface area contributed by atoms with Crippen LogP contribution in [0.15, 0.2) is 0 Å². The maximum absolute atomic E-state index is 5.93. The molecule has 4 nitrogen and oxygen atoms in total. The van der Waals surface area contributed by atoms with Crippen LogP contribution in [0, 0.1) is 0 Å². The van der Waals surface area contributed by atoms with Crippen molar-refractivity contribution in [1.29, 1.82) is 0 Å². The molecule has 1 unspecified atom stereocenters. The van der Waals surface area contributed by atoms with Crippen molar-refractivity contribution < 1.29 is 9.47 Å². The summed E-state index contributed by atoms with van der Waals surface area (Å²) in [4.78, 5) is 2.48. The van der Waals surface area contributed by atoms with Crippen molar-refractivity contribution in [2.24, 2.45) is 5.73 Å². The monoisotopic (exact) mass is 230 g/mol. The van der Waals surface area contributed by atoms with E-state index in [2.05, 4.69) is 4.90 Å². The molecular formula is C12H26N2O2. The first-order valence-corrected chi connectivity index (χ1v) is 6.37. The Morgan fingerprint density at radius 2 is 2.12 bits per heavy atom. The molecule has 0 radical (unpaired) electrons. The van der Waals surface area contributed by atoms with E-state index in [-0.39, 0.29) is 0 Å². The maximum atomic E-state index is 5.93. The first-order valence-electron chi connectivity index (χ1n) is 6.37. The fraction of sp³-hybridized carbons (Fsp3) is 1.00. The van der Waals surface area contributed by atoms with Gasteiger partial charge in [-0.25, -0.2) is 0 Å². The summed E-state index contributed by atoms with van der Waals surface area (Å²) in [6.07, 6.45) is 4.79. The SMILES string of the molecule is COCCOCCCCN1CCCC(N)C1. The normalized spacial score (nSPS) is 22.5. The van der Waals surface area contributed by atoms with Gasteiger partial charge in [-0.15, -0.1) is 0 Å². The van der Waals surface area contributed by atoms with Crippen molar-refractivity contribution in [3.8, 4) is 0 Å². The Morgan fingerprint density at radius 3 is 2.88 bits per heavy atom. The zero-order valence-electron chi connectivity index (χ0n) is 10.5. The number of ether oxygens (including phenoxy) is 2. The second-order valence-electron chi connectivity index (χ2n) is 4.52. The number of likely N-dealkylation sites (tertiary alicyclic amines) is 1. The Bertz CT molecular complexity index is 167. The van der Waals surface area contributed by atoms with Crippen molar-refractivity contribution >= 4 is 0 Å². The number of rotatable bonds is 8. The van der Waals surface area contributed by atoms with Crippen LogP contribution in [-0.4, -0.2) is 57.5 Å². The number of nitrogens with two attached hydrogens (primary N) is 1. The third-order valence-electron chi connectivity index (χ3n) is 2.99. The topological polar surface area (TPSA) is 47.7 Å². The molecule has 4 heteroatoms. The minimum atomic E-state index is 0.395. The molecule has 1 saturated heterocycles. The van der Waals surface area contributed by atoms with E-state index < -0.39 is 0 Å². The number of piperidine rings is 1. The molecule has 1 aliphatic heterocycles. The van der Waals surface area contributed by atoms with Gasteiger partial charge in [0.25, 0.3) is 0 Å². The molecule has 1 aliphatic rings. The summed E-state index contributed by atoms with van der Waals surface area (Å²) in [5, 5.41) is 0. The zero-order valence-corrected chi connectivity index (χ0v) is 10.5. The van der Waals surface area contributed by atoms with Gasteiger partial charge in [0.1, 0.15) is 0 Å². The van der Waals surface area contributed by atoms with Crippen molar-refractivity contribution in [3.63, 3.8) is 0 Å². The lowest BCUT2D eigenvalue weighted by atomic mass is 10.1. The van der Waals surface area contributed by atoms with Gasteiger partial charge in [-0.1, -0.05) is 0 Å². The average molecular weight is 230 g/mol. The van der Waals surface area contributed by atoms with E-state index in [0.29, 0.717) is 19.3 Å². The quantitative estimate of drug-likeness (QED) is 0.628. The molecule has 0 aromatic carbocycles. The smallest absolute Gasteiger partial charge is 0.0700 e. The maximum Gasteiger partial charge on any atom is 0.0700 e. The minimum absolute atomic E-state index is 0.395. The Morgan fingerprint density at radius 1 is 1.25 bits per heavy atom. The number of hydrogen-bond donors (Lipinski definition) is 1. The predicted molar refractivity (Wildman–Crippen MR) is 65.6 cm³/mol. The molecule has 96 valence electrons. The molecule has 0 aromatic heterocycles. The highest BCUT2D eigenvalue weighted by molar-refractivity contribution is 4.74. The van der Waals surface area contributed by atoms with Crippen LogP contribution in [0.25, 0.3) is 0 Å². The van der Waals surface area contributed by atoms with E-state index in [0.717, 1.165) is 19.6 Å². The van der Waals surface area contributed by atoms with E-state index in [1.54, 1.807) is 7.11 Å². The first-order chi connectivity index (χ1) is 7.83. The van der Waals surface area contributed by atoms with Gasteiger partial charge in [0.05, 0.1) is 13.2 Å². The lowest BCUT2D eigenvalue weighted by Gasteiger charge is -2.30. The third kappa shape index (κ3) is 6.43. The van der Waals surface area contributed by atoms with Gasteiger partial charge >= 0.3 is 0 Å². The molecule has 0 spiro atoms. The van der Waals surface area contributed by atoms with E-state index >= 15 is 0 Å². The molecule has 0 amide bonds. The molecule has 0 aromatic rings. The summed E-state index contributed by atoms with van der Waals surface area (Å²) in [7, 11) is 1.70. The Hall–Kier alpha value is -0.160. The molecular weight excluding hydrogens is 204 g/mol. The van der Waals surface area contributed by atoms with Gasteiger partial charge in [-0.3, -0.25) is 0 Å². The summed E-state index contributed by atoms with van der Waals surface area (Å²) in [5.74, 6) is 0. The fourth-order valence-electron chi connectivity index (χ4n) is 2.08. The fourth-order valence-corrected chi connectivity index (χ4v) is 2.08. The molecule has 0 saturated carbocycles. The highest BCUT2D eigenvalue weighted by atomic mass is 16.5. The molecule has 0 aliphatic carbocycles. The standard InChI is InChI=1S/C12H26N2O2/c1-15-9-10-16-8-3-2-6-14-7-4-5-12(13)11-14/h12H,2-11,13H2,1H3. The summed E-state index contributed by atoms with van der Waals surface area (Å²) < 4.78 is 10.3. The summed E-state index contributed by atoms with van der Waals surface area (Å²) in [5.41, 5.74) is 5.93. The number of unbranched alkanes of at least 4 members (excludes halogenated alkanes) is 1. The largest absolute Gasteiger partial charge is 0.382 e. The second-order valence-corrected chi connectivity index (χ2v) is 4.52. The van der Waals surface area contributed by atoms with Crippen molar-refractivity contribution in [3.05, 3.63) is 0 Å². The lowest BCUT2D eigenvalue weighted by molar-refractivity contribution is 0.0672. The van der Waals surface area contributed by atoms with Gasteiger partial charge in [0.15, 0.2) is 0 Å². The highest BCUT2D eigenvalue weighted by Crippen LogP contribution is 2.08.